The summed E-state index contributed by atoms with van der Waals surface area (Å²) in [6.45, 7) is 0.0676. The molecule has 3 aromatic rings. The van der Waals surface area contributed by atoms with Crippen molar-refractivity contribution in [3.8, 4) is 0 Å². The van der Waals surface area contributed by atoms with Crippen LogP contribution in [0.2, 0.25) is 5.02 Å². The summed E-state index contributed by atoms with van der Waals surface area (Å²) in [5.74, 6) is -1.39. The van der Waals surface area contributed by atoms with E-state index in [2.05, 4.69) is 10.6 Å². The van der Waals surface area contributed by atoms with Crippen LogP contribution >= 0.6 is 11.6 Å². The Morgan fingerprint density at radius 2 is 1.30 bits per heavy atom. The van der Waals surface area contributed by atoms with Crippen molar-refractivity contribution < 1.29 is 23.9 Å². The number of nitrogens with one attached hydrogen (secondary N) is 2. The second-order valence-corrected chi connectivity index (χ2v) is 7.54. The van der Waals surface area contributed by atoms with Crippen molar-refractivity contribution in [2.45, 2.75) is 25.7 Å². The highest BCUT2D eigenvalue weighted by Crippen LogP contribution is 2.13. The lowest BCUT2D eigenvalue weighted by Gasteiger charge is -2.18. The number of benzene rings is 3. The van der Waals surface area contributed by atoms with E-state index in [0.29, 0.717) is 10.7 Å². The van der Waals surface area contributed by atoms with Gasteiger partial charge in [-0.25, -0.2) is 9.59 Å². The number of halogens is 1. The van der Waals surface area contributed by atoms with Crippen LogP contribution in [0.5, 0.6) is 0 Å². The van der Waals surface area contributed by atoms with E-state index in [9.17, 15) is 14.4 Å². The van der Waals surface area contributed by atoms with Crippen LogP contribution in [0.15, 0.2) is 84.9 Å². The van der Waals surface area contributed by atoms with Crippen molar-refractivity contribution in [2.75, 3.05) is 5.32 Å². The first-order valence-electron chi connectivity index (χ1n) is 10.2. The molecule has 0 fully saturated rings. The molecule has 0 aliphatic rings. The zero-order valence-electron chi connectivity index (χ0n) is 17.7. The molecule has 33 heavy (non-hydrogen) atoms. The summed E-state index contributed by atoms with van der Waals surface area (Å²) in [6.07, 6.45) is -0.380. The molecular formula is C25H23ClN2O5. The van der Waals surface area contributed by atoms with Gasteiger partial charge in [-0.15, -0.1) is 0 Å². The van der Waals surface area contributed by atoms with Crippen LogP contribution in [-0.4, -0.2) is 24.0 Å². The first-order chi connectivity index (χ1) is 16.0. The number of ether oxygens (including phenoxy) is 2. The molecule has 0 aromatic heterocycles. The predicted molar refractivity (Wildman–Crippen MR) is 124 cm³/mol. The van der Waals surface area contributed by atoms with E-state index in [0.717, 1.165) is 11.1 Å². The van der Waals surface area contributed by atoms with E-state index in [1.54, 1.807) is 36.4 Å². The molecule has 2 N–H and O–H groups in total. The Kier molecular flexibility index (Phi) is 8.85. The molecule has 2 amide bonds. The van der Waals surface area contributed by atoms with Crippen molar-refractivity contribution in [3.63, 3.8) is 0 Å². The number of amides is 2. The third-order valence-electron chi connectivity index (χ3n) is 4.53. The average molecular weight is 467 g/mol. The minimum Gasteiger partial charge on any atom is -0.461 e. The van der Waals surface area contributed by atoms with Gasteiger partial charge in [0.05, 0.1) is 6.42 Å². The second-order valence-electron chi connectivity index (χ2n) is 7.10. The van der Waals surface area contributed by atoms with E-state index < -0.39 is 24.0 Å². The summed E-state index contributed by atoms with van der Waals surface area (Å²) in [6, 6.07) is 22.8. The van der Waals surface area contributed by atoms with Crippen molar-refractivity contribution in [1.82, 2.24) is 5.32 Å². The molecule has 0 aliphatic carbocycles. The quantitative estimate of drug-likeness (QED) is 0.445. The van der Waals surface area contributed by atoms with Crippen molar-refractivity contribution in [1.29, 1.82) is 0 Å². The van der Waals surface area contributed by atoms with Gasteiger partial charge in [0.1, 0.15) is 19.3 Å². The molecule has 0 bridgehead atoms. The van der Waals surface area contributed by atoms with Crippen molar-refractivity contribution in [3.05, 3.63) is 101 Å². The van der Waals surface area contributed by atoms with Crippen LogP contribution in [0.25, 0.3) is 0 Å². The minimum absolute atomic E-state index is 0.00964. The Morgan fingerprint density at radius 3 is 1.88 bits per heavy atom. The average Bonchev–Trinajstić information content (AvgIpc) is 2.83. The number of carbonyl (C=O) groups excluding carboxylic acids is 3. The number of urea groups is 1. The molecule has 0 aliphatic heterocycles. The first kappa shape index (κ1) is 23.8. The smallest absolute Gasteiger partial charge is 0.329 e. The zero-order chi connectivity index (χ0) is 23.5. The van der Waals surface area contributed by atoms with Gasteiger partial charge in [0.15, 0.2) is 0 Å². The van der Waals surface area contributed by atoms with E-state index >= 15 is 0 Å². The standard InChI is InChI=1S/C25H23ClN2O5/c26-20-11-13-21(14-12-20)27-25(31)28-22(24(30)33-17-19-9-5-2-6-10-19)15-23(29)32-16-18-7-3-1-4-8-18/h1-14,22H,15-17H2,(H2,27,28,31)/t22-/m1/s1. The van der Waals surface area contributed by atoms with E-state index in [-0.39, 0.29) is 19.6 Å². The first-order valence-corrected chi connectivity index (χ1v) is 10.6. The van der Waals surface area contributed by atoms with Crippen LogP contribution in [0, 0.1) is 0 Å². The fraction of sp³-hybridized carbons (Fsp3) is 0.160. The Bertz CT molecular complexity index is 1060. The lowest BCUT2D eigenvalue weighted by atomic mass is 10.2. The highest BCUT2D eigenvalue weighted by molar-refractivity contribution is 6.30. The monoisotopic (exact) mass is 466 g/mol. The SMILES string of the molecule is O=C(Nc1ccc(Cl)cc1)N[C@H](CC(=O)OCc1ccccc1)C(=O)OCc1ccccc1. The summed E-state index contributed by atoms with van der Waals surface area (Å²) in [5.41, 5.74) is 2.06. The largest absolute Gasteiger partial charge is 0.461 e. The maximum Gasteiger partial charge on any atom is 0.329 e. The summed E-state index contributed by atoms with van der Waals surface area (Å²) in [4.78, 5) is 37.5. The molecule has 0 unspecified atom stereocenters. The lowest BCUT2D eigenvalue weighted by molar-refractivity contribution is -0.153. The van der Waals surface area contributed by atoms with E-state index in [1.807, 2.05) is 48.5 Å². The van der Waals surface area contributed by atoms with Gasteiger partial charge < -0.3 is 20.1 Å². The number of hydrogen-bond acceptors (Lipinski definition) is 5. The number of anilines is 1. The Morgan fingerprint density at radius 1 is 0.758 bits per heavy atom. The van der Waals surface area contributed by atoms with Crippen LogP contribution in [0.3, 0.4) is 0 Å². The molecule has 0 saturated carbocycles. The number of hydrogen-bond donors (Lipinski definition) is 2. The summed E-state index contributed by atoms with van der Waals surface area (Å²) in [7, 11) is 0. The van der Waals surface area contributed by atoms with Crippen LogP contribution in [0.4, 0.5) is 10.5 Å². The molecular weight excluding hydrogens is 444 g/mol. The van der Waals surface area contributed by atoms with Gasteiger partial charge in [-0.05, 0) is 35.4 Å². The molecule has 0 radical (unpaired) electrons. The molecule has 7 nitrogen and oxygen atoms in total. The zero-order valence-corrected chi connectivity index (χ0v) is 18.5. The molecule has 8 heteroatoms. The Labute approximate surface area is 196 Å². The van der Waals surface area contributed by atoms with Crippen LogP contribution < -0.4 is 10.6 Å². The van der Waals surface area contributed by atoms with Crippen LogP contribution in [-0.2, 0) is 32.3 Å². The lowest BCUT2D eigenvalue weighted by Crippen LogP contribution is -2.45. The summed E-state index contributed by atoms with van der Waals surface area (Å²) in [5, 5.41) is 5.60. The summed E-state index contributed by atoms with van der Waals surface area (Å²) >= 11 is 5.85. The van der Waals surface area contributed by atoms with E-state index in [4.69, 9.17) is 21.1 Å². The van der Waals surface area contributed by atoms with Gasteiger partial charge in [0.2, 0.25) is 0 Å². The third kappa shape index (κ3) is 8.31. The Hall–Kier alpha value is -3.84. The van der Waals surface area contributed by atoms with Gasteiger partial charge in [-0.3, -0.25) is 4.79 Å². The predicted octanol–water partition coefficient (Wildman–Crippen LogP) is 4.71. The number of rotatable bonds is 9. The van der Waals surface area contributed by atoms with Crippen molar-refractivity contribution in [2.24, 2.45) is 0 Å². The molecule has 3 rings (SSSR count). The van der Waals surface area contributed by atoms with Crippen molar-refractivity contribution >= 4 is 35.3 Å². The van der Waals surface area contributed by atoms with Gasteiger partial charge in [0.25, 0.3) is 0 Å². The van der Waals surface area contributed by atoms with Gasteiger partial charge in [-0.2, -0.15) is 0 Å². The number of esters is 2. The molecule has 0 heterocycles. The molecule has 3 aromatic carbocycles. The fourth-order valence-electron chi connectivity index (χ4n) is 2.84. The van der Waals surface area contributed by atoms with Gasteiger partial charge >= 0.3 is 18.0 Å². The maximum absolute atomic E-state index is 12.7. The Balaban J connectivity index is 1.60. The molecule has 0 spiro atoms. The fourth-order valence-corrected chi connectivity index (χ4v) is 2.97. The molecule has 170 valence electrons. The normalized spacial score (nSPS) is 11.2. The minimum atomic E-state index is -1.23. The molecule has 1 atom stereocenters. The maximum atomic E-state index is 12.7. The van der Waals surface area contributed by atoms with E-state index in [1.165, 1.54) is 0 Å². The van der Waals surface area contributed by atoms with Crippen LogP contribution in [0.1, 0.15) is 17.5 Å². The summed E-state index contributed by atoms with van der Waals surface area (Å²) < 4.78 is 10.6. The van der Waals surface area contributed by atoms with Gasteiger partial charge in [-0.1, -0.05) is 72.3 Å². The van der Waals surface area contributed by atoms with Gasteiger partial charge in [0, 0.05) is 10.7 Å². The second kappa shape index (κ2) is 12.3. The third-order valence-corrected chi connectivity index (χ3v) is 4.78. The number of carbonyl (C=O) groups is 3. The topological polar surface area (TPSA) is 93.7 Å². The highest BCUT2D eigenvalue weighted by atomic mass is 35.5. The molecule has 0 saturated heterocycles. The highest BCUT2D eigenvalue weighted by Gasteiger charge is 2.26.